The third kappa shape index (κ3) is 2.15. The molecule has 2 aromatic heterocycles. The minimum absolute atomic E-state index is 0.141. The van der Waals surface area contributed by atoms with Crippen LogP contribution in [0.25, 0.3) is 5.65 Å². The van der Waals surface area contributed by atoms with E-state index in [1.165, 1.54) is 4.52 Å². The maximum atomic E-state index is 10.3. The molecule has 1 N–H and O–H groups in total. The Balaban J connectivity index is 2.06. The van der Waals surface area contributed by atoms with Crippen LogP contribution in [0.15, 0.2) is 36.5 Å². The van der Waals surface area contributed by atoms with Gasteiger partial charge in [-0.2, -0.15) is 9.61 Å². The average molecular weight is 274 g/mol. The molecule has 96 valence electrons. The topological polar surface area (TPSA) is 50.4 Å². The summed E-state index contributed by atoms with van der Waals surface area (Å²) in [5, 5.41) is 15.0. The quantitative estimate of drug-likeness (QED) is 0.781. The second-order valence-corrected chi connectivity index (χ2v) is 4.84. The minimum atomic E-state index is 0.141. The van der Waals surface area contributed by atoms with Gasteiger partial charge in [-0.1, -0.05) is 23.7 Å². The first kappa shape index (κ1) is 12.0. The zero-order valence-corrected chi connectivity index (χ0v) is 11.1. The SMILES string of the molecule is Cc1nc2ccnn2c(O)c1Cc1ccc(Cl)cc1. The summed E-state index contributed by atoms with van der Waals surface area (Å²) in [6, 6.07) is 9.31. The Bertz CT molecular complexity index is 734. The summed E-state index contributed by atoms with van der Waals surface area (Å²) in [5.74, 6) is 0.141. The molecule has 0 saturated heterocycles. The number of aromatic nitrogens is 3. The van der Waals surface area contributed by atoms with Crippen molar-refractivity contribution in [1.82, 2.24) is 14.6 Å². The molecule has 0 saturated carbocycles. The highest BCUT2D eigenvalue weighted by Crippen LogP contribution is 2.24. The molecule has 1 aromatic carbocycles. The van der Waals surface area contributed by atoms with Crippen molar-refractivity contribution in [3.8, 4) is 5.88 Å². The maximum absolute atomic E-state index is 10.3. The van der Waals surface area contributed by atoms with Crippen molar-refractivity contribution in [2.45, 2.75) is 13.3 Å². The molecule has 0 bridgehead atoms. The Kier molecular flexibility index (Phi) is 2.87. The van der Waals surface area contributed by atoms with E-state index in [1.54, 1.807) is 12.3 Å². The van der Waals surface area contributed by atoms with E-state index in [4.69, 9.17) is 11.6 Å². The standard InChI is InChI=1S/C14H12ClN3O/c1-9-12(8-10-2-4-11(15)5-3-10)14(19)18-13(17-9)6-7-16-18/h2-7,19H,8H2,1H3. The summed E-state index contributed by atoms with van der Waals surface area (Å²) in [6.07, 6.45) is 2.21. The molecule has 0 aliphatic carbocycles. The van der Waals surface area contributed by atoms with Crippen LogP contribution in [0.2, 0.25) is 5.02 Å². The van der Waals surface area contributed by atoms with Crippen molar-refractivity contribution in [3.63, 3.8) is 0 Å². The van der Waals surface area contributed by atoms with Gasteiger partial charge >= 0.3 is 0 Å². The number of aryl methyl sites for hydroxylation is 1. The fourth-order valence-corrected chi connectivity index (χ4v) is 2.21. The van der Waals surface area contributed by atoms with Crippen LogP contribution < -0.4 is 0 Å². The second kappa shape index (κ2) is 4.55. The lowest BCUT2D eigenvalue weighted by Crippen LogP contribution is -2.02. The van der Waals surface area contributed by atoms with E-state index in [-0.39, 0.29) is 5.88 Å². The summed E-state index contributed by atoms with van der Waals surface area (Å²) in [5.41, 5.74) is 3.30. The van der Waals surface area contributed by atoms with Gasteiger partial charge in [0.15, 0.2) is 5.65 Å². The Morgan fingerprint density at radius 1 is 1.21 bits per heavy atom. The van der Waals surface area contributed by atoms with Crippen LogP contribution in [0.4, 0.5) is 0 Å². The monoisotopic (exact) mass is 273 g/mol. The van der Waals surface area contributed by atoms with Crippen LogP contribution in [0.5, 0.6) is 5.88 Å². The van der Waals surface area contributed by atoms with Gasteiger partial charge in [0.05, 0.1) is 6.20 Å². The van der Waals surface area contributed by atoms with Crippen LogP contribution in [0.3, 0.4) is 0 Å². The van der Waals surface area contributed by atoms with E-state index in [2.05, 4.69) is 10.1 Å². The maximum Gasteiger partial charge on any atom is 0.219 e. The molecule has 19 heavy (non-hydrogen) atoms. The summed E-state index contributed by atoms with van der Waals surface area (Å²) < 4.78 is 1.44. The molecule has 5 heteroatoms. The highest BCUT2D eigenvalue weighted by molar-refractivity contribution is 6.30. The van der Waals surface area contributed by atoms with Crippen LogP contribution in [-0.2, 0) is 6.42 Å². The predicted molar refractivity (Wildman–Crippen MR) is 73.6 cm³/mol. The fourth-order valence-electron chi connectivity index (χ4n) is 2.09. The van der Waals surface area contributed by atoms with Crippen LogP contribution in [0.1, 0.15) is 16.8 Å². The Morgan fingerprint density at radius 2 is 1.95 bits per heavy atom. The van der Waals surface area contributed by atoms with E-state index in [0.29, 0.717) is 17.1 Å². The second-order valence-electron chi connectivity index (χ2n) is 4.40. The van der Waals surface area contributed by atoms with Crippen LogP contribution in [0, 0.1) is 6.92 Å². The summed E-state index contributed by atoms with van der Waals surface area (Å²) in [7, 11) is 0. The summed E-state index contributed by atoms with van der Waals surface area (Å²) >= 11 is 5.86. The van der Waals surface area contributed by atoms with Crippen LogP contribution >= 0.6 is 11.6 Å². The summed E-state index contributed by atoms with van der Waals surface area (Å²) in [4.78, 5) is 4.42. The Labute approximate surface area is 115 Å². The molecular weight excluding hydrogens is 262 g/mol. The van der Waals surface area contributed by atoms with Gasteiger partial charge in [-0.15, -0.1) is 0 Å². The predicted octanol–water partition coefficient (Wildman–Crippen LogP) is 2.99. The lowest BCUT2D eigenvalue weighted by Gasteiger charge is -2.09. The smallest absolute Gasteiger partial charge is 0.219 e. The van der Waals surface area contributed by atoms with Gasteiger partial charge in [-0.05, 0) is 24.6 Å². The summed E-state index contributed by atoms with van der Waals surface area (Å²) in [6.45, 7) is 1.89. The molecule has 2 heterocycles. The molecule has 3 aromatic rings. The van der Waals surface area contributed by atoms with Crippen LogP contribution in [-0.4, -0.2) is 19.7 Å². The van der Waals surface area contributed by atoms with E-state index >= 15 is 0 Å². The van der Waals surface area contributed by atoms with Crippen molar-refractivity contribution < 1.29 is 5.11 Å². The number of halogens is 1. The molecule has 0 unspecified atom stereocenters. The van der Waals surface area contributed by atoms with Crippen molar-refractivity contribution >= 4 is 17.2 Å². The average Bonchev–Trinajstić information content (AvgIpc) is 2.85. The van der Waals surface area contributed by atoms with Gasteiger partial charge < -0.3 is 5.11 Å². The van der Waals surface area contributed by atoms with E-state index in [0.717, 1.165) is 16.8 Å². The molecule has 0 atom stereocenters. The minimum Gasteiger partial charge on any atom is -0.493 e. The highest BCUT2D eigenvalue weighted by Gasteiger charge is 2.12. The Morgan fingerprint density at radius 3 is 2.68 bits per heavy atom. The van der Waals surface area contributed by atoms with Crippen molar-refractivity contribution in [3.05, 3.63) is 58.4 Å². The largest absolute Gasteiger partial charge is 0.493 e. The number of aromatic hydroxyl groups is 1. The molecule has 0 aliphatic rings. The fraction of sp³-hybridized carbons (Fsp3) is 0.143. The number of hydrogen-bond acceptors (Lipinski definition) is 3. The molecule has 0 fully saturated rings. The van der Waals surface area contributed by atoms with Gasteiger partial charge in [0.1, 0.15) is 0 Å². The highest BCUT2D eigenvalue weighted by atomic mass is 35.5. The number of nitrogens with zero attached hydrogens (tertiary/aromatic N) is 3. The third-order valence-electron chi connectivity index (χ3n) is 3.11. The first-order valence-electron chi connectivity index (χ1n) is 5.92. The van der Waals surface area contributed by atoms with Gasteiger partial charge in [0.25, 0.3) is 0 Å². The molecule has 0 amide bonds. The first-order valence-corrected chi connectivity index (χ1v) is 6.29. The molecular formula is C14H12ClN3O. The number of rotatable bonds is 2. The zero-order valence-electron chi connectivity index (χ0n) is 10.3. The van der Waals surface area contributed by atoms with E-state index in [1.807, 2.05) is 31.2 Å². The lowest BCUT2D eigenvalue weighted by molar-refractivity contribution is 0.428. The molecule has 4 nitrogen and oxygen atoms in total. The van der Waals surface area contributed by atoms with Gasteiger partial charge in [-0.25, -0.2) is 4.98 Å². The number of hydrogen-bond donors (Lipinski definition) is 1. The van der Waals surface area contributed by atoms with E-state index < -0.39 is 0 Å². The Hall–Kier alpha value is -2.07. The number of fused-ring (bicyclic) bond motifs is 1. The molecule has 3 rings (SSSR count). The lowest BCUT2D eigenvalue weighted by atomic mass is 10.0. The molecule has 0 radical (unpaired) electrons. The van der Waals surface area contributed by atoms with Gasteiger partial charge in [-0.3, -0.25) is 0 Å². The molecule has 0 spiro atoms. The third-order valence-corrected chi connectivity index (χ3v) is 3.36. The van der Waals surface area contributed by atoms with Crippen molar-refractivity contribution in [2.24, 2.45) is 0 Å². The van der Waals surface area contributed by atoms with E-state index in [9.17, 15) is 5.11 Å². The van der Waals surface area contributed by atoms with Crippen molar-refractivity contribution in [2.75, 3.05) is 0 Å². The normalized spacial score (nSPS) is 11.1. The van der Waals surface area contributed by atoms with Crippen molar-refractivity contribution in [1.29, 1.82) is 0 Å². The molecule has 0 aliphatic heterocycles. The first-order chi connectivity index (χ1) is 9.15. The zero-order chi connectivity index (χ0) is 13.4. The van der Waals surface area contributed by atoms with Gasteiger partial charge in [0, 0.05) is 28.8 Å². The number of benzene rings is 1. The van der Waals surface area contributed by atoms with Gasteiger partial charge in [0.2, 0.25) is 5.88 Å².